The lowest BCUT2D eigenvalue weighted by Gasteiger charge is -2.41. The van der Waals surface area contributed by atoms with Crippen LogP contribution in [0, 0.1) is 11.6 Å². The van der Waals surface area contributed by atoms with Crippen molar-refractivity contribution in [3.63, 3.8) is 0 Å². The number of hydrogen-bond acceptors (Lipinski definition) is 5. The third-order valence-electron chi connectivity index (χ3n) is 5.06. The Morgan fingerprint density at radius 2 is 2.00 bits per heavy atom. The van der Waals surface area contributed by atoms with E-state index in [1.807, 2.05) is 6.26 Å². The third-order valence-corrected chi connectivity index (χ3v) is 6.02. The monoisotopic (exact) mass is 466 g/mol. The fourth-order valence-electron chi connectivity index (χ4n) is 3.25. The predicted molar refractivity (Wildman–Crippen MR) is 112 cm³/mol. The van der Waals surface area contributed by atoms with Gasteiger partial charge in [-0.25, -0.2) is 13.6 Å². The van der Waals surface area contributed by atoms with Gasteiger partial charge in [0.2, 0.25) is 5.89 Å². The summed E-state index contributed by atoms with van der Waals surface area (Å²) >= 11 is 1.65. The van der Waals surface area contributed by atoms with Crippen molar-refractivity contribution in [2.45, 2.75) is 18.2 Å². The molecule has 2 amide bonds. The van der Waals surface area contributed by atoms with Crippen LogP contribution in [0.25, 0.3) is 11.5 Å². The van der Waals surface area contributed by atoms with Gasteiger partial charge in [0.25, 0.3) is 5.89 Å². The highest BCUT2D eigenvalue weighted by molar-refractivity contribution is 7.99. The first-order chi connectivity index (χ1) is 15.4. The Hall–Kier alpha value is -3.08. The number of thioether (sulfide) groups is 1. The number of anilines is 1. The quantitative estimate of drug-likeness (QED) is 0.472. The van der Waals surface area contributed by atoms with Gasteiger partial charge in [-0.15, -0.1) is 10.2 Å². The Balaban J connectivity index is 1.59. The van der Waals surface area contributed by atoms with Gasteiger partial charge in [-0.05, 0) is 36.6 Å². The maximum Gasteiger partial charge on any atom is 0.324 e. The number of likely N-dealkylation sites (tertiary alicyclic amines) is 1. The molecule has 0 aliphatic carbocycles. The molecule has 4 rings (SSSR count). The standard InChI is InChI=1S/C21H18F4N4O2S/c1-32-16-10-28(11-16)21(30)29(15-4-2-3-14(22)8-15)9-13-6-5-12(7-17(13)23)19-26-27-20(31-19)18(24)25/h2-8,16,18H,9-11H2,1H3. The molecule has 1 aromatic heterocycles. The van der Waals surface area contributed by atoms with Gasteiger partial charge in [-0.3, -0.25) is 4.90 Å². The minimum atomic E-state index is -2.93. The first-order valence-corrected chi connectivity index (χ1v) is 10.9. The Morgan fingerprint density at radius 1 is 1.22 bits per heavy atom. The van der Waals surface area contributed by atoms with E-state index in [9.17, 15) is 22.4 Å². The van der Waals surface area contributed by atoms with Crippen molar-refractivity contribution in [2.24, 2.45) is 0 Å². The van der Waals surface area contributed by atoms with Crippen LogP contribution >= 0.6 is 11.8 Å². The van der Waals surface area contributed by atoms with Gasteiger partial charge in [-0.1, -0.05) is 12.1 Å². The number of carbonyl (C=O) groups is 1. The lowest BCUT2D eigenvalue weighted by Crippen LogP contribution is -2.56. The Kier molecular flexibility index (Phi) is 6.35. The highest BCUT2D eigenvalue weighted by atomic mass is 32.2. The molecule has 2 aromatic carbocycles. The average molecular weight is 466 g/mol. The summed E-state index contributed by atoms with van der Waals surface area (Å²) in [5.41, 5.74) is 0.575. The van der Waals surface area contributed by atoms with Crippen LogP contribution in [0.5, 0.6) is 0 Å². The summed E-state index contributed by atoms with van der Waals surface area (Å²) in [5.74, 6) is -2.31. The van der Waals surface area contributed by atoms with Crippen LogP contribution in [-0.4, -0.2) is 45.7 Å². The SMILES string of the molecule is CSC1CN(C(=O)N(Cc2ccc(-c3nnc(C(F)F)o3)cc2F)c2cccc(F)c2)C1. The Morgan fingerprint density at radius 3 is 2.62 bits per heavy atom. The van der Waals surface area contributed by atoms with Crippen LogP contribution in [0.15, 0.2) is 46.9 Å². The van der Waals surface area contributed by atoms with E-state index in [1.165, 1.54) is 35.2 Å². The van der Waals surface area contributed by atoms with E-state index in [2.05, 4.69) is 10.2 Å². The van der Waals surface area contributed by atoms with E-state index in [0.29, 0.717) is 24.0 Å². The molecule has 0 saturated carbocycles. The fourth-order valence-corrected chi connectivity index (χ4v) is 3.90. The van der Waals surface area contributed by atoms with Gasteiger partial charge in [0.05, 0.1) is 6.54 Å². The zero-order valence-corrected chi connectivity index (χ0v) is 17.7. The molecule has 32 heavy (non-hydrogen) atoms. The zero-order chi connectivity index (χ0) is 22.8. The molecule has 2 heterocycles. The lowest BCUT2D eigenvalue weighted by molar-refractivity contribution is 0.116. The first kappa shape index (κ1) is 22.1. The molecule has 1 aliphatic rings. The van der Waals surface area contributed by atoms with Gasteiger partial charge in [0.15, 0.2) is 0 Å². The number of urea groups is 1. The van der Waals surface area contributed by atoms with Crippen molar-refractivity contribution in [2.75, 3.05) is 24.2 Å². The first-order valence-electron chi connectivity index (χ1n) is 9.61. The van der Waals surface area contributed by atoms with Crippen LogP contribution < -0.4 is 4.90 Å². The van der Waals surface area contributed by atoms with Crippen molar-refractivity contribution in [3.05, 3.63) is 65.6 Å². The van der Waals surface area contributed by atoms with Crippen LogP contribution in [0.3, 0.4) is 0 Å². The summed E-state index contributed by atoms with van der Waals surface area (Å²) in [7, 11) is 0. The van der Waals surface area contributed by atoms with Crippen LogP contribution in [0.4, 0.5) is 28.0 Å². The molecule has 0 unspecified atom stereocenters. The van der Waals surface area contributed by atoms with Gasteiger partial charge in [-0.2, -0.15) is 20.5 Å². The zero-order valence-electron chi connectivity index (χ0n) is 16.8. The number of hydrogen-bond donors (Lipinski definition) is 0. The molecule has 0 spiro atoms. The summed E-state index contributed by atoms with van der Waals surface area (Å²) in [6.07, 6.45) is -0.972. The lowest BCUT2D eigenvalue weighted by atomic mass is 10.1. The molecule has 0 bridgehead atoms. The predicted octanol–water partition coefficient (Wildman–Crippen LogP) is 5.13. The van der Waals surface area contributed by atoms with E-state index in [0.717, 1.165) is 6.07 Å². The van der Waals surface area contributed by atoms with Crippen molar-refractivity contribution >= 4 is 23.5 Å². The van der Waals surface area contributed by atoms with Gasteiger partial charge >= 0.3 is 12.5 Å². The van der Waals surface area contributed by atoms with Crippen molar-refractivity contribution in [1.82, 2.24) is 15.1 Å². The van der Waals surface area contributed by atoms with Crippen molar-refractivity contribution in [3.8, 4) is 11.5 Å². The Labute approximate surface area is 185 Å². The smallest absolute Gasteiger partial charge is 0.324 e. The minimum absolute atomic E-state index is 0.125. The maximum absolute atomic E-state index is 14.9. The highest BCUT2D eigenvalue weighted by Crippen LogP contribution is 2.28. The van der Waals surface area contributed by atoms with Gasteiger partial charge < -0.3 is 9.32 Å². The molecule has 0 radical (unpaired) electrons. The molecule has 1 aliphatic heterocycles. The van der Waals surface area contributed by atoms with Gasteiger partial charge in [0, 0.05) is 35.2 Å². The largest absolute Gasteiger partial charge is 0.415 e. The second-order valence-corrected chi connectivity index (χ2v) is 8.30. The van der Waals surface area contributed by atoms with Crippen molar-refractivity contribution in [1.29, 1.82) is 0 Å². The normalized spacial score (nSPS) is 14.0. The molecule has 3 aromatic rings. The number of amides is 2. The van der Waals surface area contributed by atoms with Crippen LogP contribution in [0.1, 0.15) is 17.9 Å². The van der Waals surface area contributed by atoms with E-state index in [1.54, 1.807) is 22.7 Å². The van der Waals surface area contributed by atoms with Crippen LogP contribution in [-0.2, 0) is 6.54 Å². The molecule has 6 nitrogen and oxygen atoms in total. The maximum atomic E-state index is 14.9. The number of nitrogens with zero attached hydrogens (tertiary/aromatic N) is 4. The highest BCUT2D eigenvalue weighted by Gasteiger charge is 2.33. The van der Waals surface area contributed by atoms with Crippen molar-refractivity contribution < 1.29 is 26.8 Å². The van der Waals surface area contributed by atoms with Gasteiger partial charge in [0.1, 0.15) is 11.6 Å². The summed E-state index contributed by atoms with van der Waals surface area (Å²) in [4.78, 5) is 16.0. The third kappa shape index (κ3) is 4.57. The molecule has 1 saturated heterocycles. The number of halogens is 4. The summed E-state index contributed by atoms with van der Waals surface area (Å²) in [6.45, 7) is 0.953. The van der Waals surface area contributed by atoms with E-state index in [-0.39, 0.29) is 29.6 Å². The summed E-state index contributed by atoms with van der Waals surface area (Å²) < 4.78 is 58.8. The average Bonchev–Trinajstić information content (AvgIpc) is 3.22. The summed E-state index contributed by atoms with van der Waals surface area (Å²) in [6, 6.07) is 9.06. The second kappa shape index (κ2) is 9.19. The number of rotatable bonds is 6. The van der Waals surface area contributed by atoms with E-state index in [4.69, 9.17) is 4.42 Å². The Bertz CT molecular complexity index is 1120. The second-order valence-electron chi connectivity index (χ2n) is 7.16. The van der Waals surface area contributed by atoms with E-state index < -0.39 is 24.0 Å². The number of benzene rings is 2. The number of aromatic nitrogens is 2. The minimum Gasteiger partial charge on any atom is -0.415 e. The topological polar surface area (TPSA) is 62.5 Å². The van der Waals surface area contributed by atoms with Crippen LogP contribution in [0.2, 0.25) is 0 Å². The molecular weight excluding hydrogens is 448 g/mol. The number of alkyl halides is 2. The molecule has 1 fully saturated rings. The molecular formula is C21H18F4N4O2S. The molecule has 168 valence electrons. The fraction of sp³-hybridized carbons (Fsp3) is 0.286. The van der Waals surface area contributed by atoms with E-state index >= 15 is 0 Å². The molecule has 0 atom stereocenters. The summed E-state index contributed by atoms with van der Waals surface area (Å²) in [5, 5.41) is 7.06. The molecule has 0 N–H and O–H groups in total. The number of carbonyl (C=O) groups excluding carboxylic acids is 1. The molecule has 11 heteroatoms.